The van der Waals surface area contributed by atoms with E-state index < -0.39 is 23.8 Å². The summed E-state index contributed by atoms with van der Waals surface area (Å²) in [5.41, 5.74) is 2.13. The number of aromatic nitrogens is 3. The average molecular weight is 636 g/mol. The fourth-order valence-corrected chi connectivity index (χ4v) is 5.29. The number of aliphatic hydroxyl groups is 1. The summed E-state index contributed by atoms with van der Waals surface area (Å²) in [6.45, 7) is 10.2. The minimum atomic E-state index is -1.08. The Morgan fingerprint density at radius 2 is 1.98 bits per heavy atom. The van der Waals surface area contributed by atoms with Crippen LogP contribution in [-0.4, -0.2) is 80.9 Å². The van der Waals surface area contributed by atoms with Gasteiger partial charge in [-0.3, -0.25) is 9.69 Å². The van der Waals surface area contributed by atoms with Crippen LogP contribution < -0.4 is 20.3 Å². The van der Waals surface area contributed by atoms with Crippen LogP contribution in [0.3, 0.4) is 0 Å². The maximum Gasteiger partial charge on any atom is 0.410 e. The van der Waals surface area contributed by atoms with Gasteiger partial charge in [0.25, 0.3) is 5.91 Å². The molecule has 13 nitrogen and oxygen atoms in total. The number of carbonyl (C=O) groups is 2. The minimum Gasteiger partial charge on any atom is -0.469 e. The van der Waals surface area contributed by atoms with E-state index in [4.69, 9.17) is 18.9 Å². The Bertz CT molecular complexity index is 1530. The summed E-state index contributed by atoms with van der Waals surface area (Å²) in [6.07, 6.45) is 5.07. The molecule has 248 valence electrons. The summed E-state index contributed by atoms with van der Waals surface area (Å²) in [7, 11) is 1.93. The van der Waals surface area contributed by atoms with Gasteiger partial charge in [-0.15, -0.1) is 0 Å². The first kappa shape index (κ1) is 33.0. The molecule has 13 heteroatoms. The number of rotatable bonds is 11. The van der Waals surface area contributed by atoms with Gasteiger partial charge in [-0.25, -0.2) is 19.7 Å². The summed E-state index contributed by atoms with van der Waals surface area (Å²) < 4.78 is 16.9. The van der Waals surface area contributed by atoms with Crippen LogP contribution in [0, 0.1) is 6.92 Å². The Hall–Kier alpha value is -4.39. The van der Waals surface area contributed by atoms with E-state index in [0.29, 0.717) is 41.3 Å². The number of hydrogen-bond acceptors (Lipinski definition) is 11. The van der Waals surface area contributed by atoms with Gasteiger partial charge in [0.2, 0.25) is 5.88 Å². The molecular formula is C33H45N7O6. The highest BCUT2D eigenvalue weighted by Crippen LogP contribution is 2.29. The first-order valence-electron chi connectivity index (χ1n) is 15.9. The van der Waals surface area contributed by atoms with Crippen molar-refractivity contribution in [3.8, 4) is 5.88 Å². The number of nitrogens with zero attached hydrogens (tertiary/aromatic N) is 5. The van der Waals surface area contributed by atoms with Crippen LogP contribution in [-0.2, 0) is 24.3 Å². The number of anilines is 2. The summed E-state index contributed by atoms with van der Waals surface area (Å²) in [4.78, 5) is 43.5. The molecule has 1 aliphatic carbocycles. The lowest BCUT2D eigenvalue weighted by Gasteiger charge is -2.39. The van der Waals surface area contributed by atoms with E-state index in [1.807, 2.05) is 25.8 Å². The van der Waals surface area contributed by atoms with Gasteiger partial charge in [-0.1, -0.05) is 0 Å². The zero-order valence-corrected chi connectivity index (χ0v) is 27.5. The lowest BCUT2D eigenvalue weighted by Crippen LogP contribution is -2.54. The molecule has 2 aliphatic rings. The summed E-state index contributed by atoms with van der Waals surface area (Å²) >= 11 is 0. The van der Waals surface area contributed by atoms with Gasteiger partial charge >= 0.3 is 6.09 Å². The molecule has 4 heterocycles. The highest BCUT2D eigenvalue weighted by atomic mass is 16.6. The number of carbonyl (C=O) groups excluding carboxylic acids is 2. The number of pyridine rings is 2. The Labute approximate surface area is 269 Å². The van der Waals surface area contributed by atoms with Crippen molar-refractivity contribution in [1.82, 2.24) is 25.2 Å². The predicted molar refractivity (Wildman–Crippen MR) is 172 cm³/mol. The van der Waals surface area contributed by atoms with Crippen LogP contribution in [0.4, 0.5) is 16.4 Å². The van der Waals surface area contributed by atoms with E-state index in [0.717, 1.165) is 36.2 Å². The first-order valence-corrected chi connectivity index (χ1v) is 15.9. The second-order valence-electron chi connectivity index (χ2n) is 13.0. The maximum absolute atomic E-state index is 13.4. The molecule has 3 aromatic heterocycles. The van der Waals surface area contributed by atoms with Crippen LogP contribution in [0.15, 0.2) is 35.2 Å². The molecule has 1 fully saturated rings. The van der Waals surface area contributed by atoms with Crippen molar-refractivity contribution < 1.29 is 28.6 Å². The summed E-state index contributed by atoms with van der Waals surface area (Å²) in [5, 5.41) is 17.7. The lowest BCUT2D eigenvalue weighted by molar-refractivity contribution is -0.0114. The molecule has 1 saturated carbocycles. The molecule has 3 aromatic rings. The number of oxazole rings is 1. The number of nitrogens with one attached hydrogen (secondary N) is 2. The normalized spacial score (nSPS) is 17.0. The highest BCUT2D eigenvalue weighted by Gasteiger charge is 2.37. The number of ether oxygens (including phenoxy) is 2. The third kappa shape index (κ3) is 8.06. The van der Waals surface area contributed by atoms with Crippen LogP contribution >= 0.6 is 0 Å². The topological polar surface area (TPSA) is 155 Å². The molecule has 0 radical (unpaired) electrons. The molecule has 5 rings (SSSR count). The number of fused-ring (bicyclic) bond motifs is 1. The molecule has 0 saturated heterocycles. The van der Waals surface area contributed by atoms with Crippen molar-refractivity contribution in [1.29, 1.82) is 0 Å². The fraction of sp³-hybridized carbons (Fsp3) is 0.545. The predicted octanol–water partition coefficient (Wildman–Crippen LogP) is 4.23. The van der Waals surface area contributed by atoms with Gasteiger partial charge in [0.05, 0.1) is 17.8 Å². The molecular weight excluding hydrogens is 590 g/mol. The zero-order chi connectivity index (χ0) is 33.0. The van der Waals surface area contributed by atoms with Gasteiger partial charge in [-0.05, 0) is 83.6 Å². The number of aryl methyl sites for hydroxylation is 1. The zero-order valence-electron chi connectivity index (χ0n) is 27.5. The Morgan fingerprint density at radius 1 is 1.20 bits per heavy atom. The smallest absolute Gasteiger partial charge is 0.410 e. The van der Waals surface area contributed by atoms with Gasteiger partial charge < -0.3 is 34.5 Å². The van der Waals surface area contributed by atoms with Crippen LogP contribution in [0.5, 0.6) is 5.88 Å². The van der Waals surface area contributed by atoms with Crippen molar-refractivity contribution in [3.63, 3.8) is 0 Å². The van der Waals surface area contributed by atoms with Gasteiger partial charge in [0.1, 0.15) is 23.8 Å². The molecule has 2 atom stereocenters. The van der Waals surface area contributed by atoms with E-state index in [2.05, 4.69) is 20.6 Å². The van der Waals surface area contributed by atoms with Gasteiger partial charge in [-0.2, -0.15) is 0 Å². The van der Waals surface area contributed by atoms with Crippen LogP contribution in [0.2, 0.25) is 0 Å². The van der Waals surface area contributed by atoms with Gasteiger partial charge in [0.15, 0.2) is 12.2 Å². The number of hydrogen-bond donors (Lipinski definition) is 3. The quantitative estimate of drug-likeness (QED) is 0.277. The molecule has 1 aliphatic heterocycles. The third-order valence-electron chi connectivity index (χ3n) is 8.36. The molecule has 0 unspecified atom stereocenters. The number of amides is 2. The first-order chi connectivity index (χ1) is 21.9. The van der Waals surface area contributed by atoms with E-state index in [-0.39, 0.29) is 25.6 Å². The van der Waals surface area contributed by atoms with Crippen molar-refractivity contribution in [2.45, 2.75) is 97.2 Å². The SMILES string of the molecule is CCN(C)c1cc(C(=O)NC[C@@H](O)[C@@H]2Cc3cnc(OCc4ocnc4C)cc3CN2C(=O)OC(C)(C)C)cc(NC2CCC2)n1. The molecule has 0 spiro atoms. The third-order valence-corrected chi connectivity index (χ3v) is 8.36. The van der Waals surface area contributed by atoms with Crippen molar-refractivity contribution in [2.75, 3.05) is 30.4 Å². The Morgan fingerprint density at radius 3 is 2.63 bits per heavy atom. The number of aliphatic hydroxyl groups excluding tert-OH is 1. The van der Waals surface area contributed by atoms with E-state index >= 15 is 0 Å². The monoisotopic (exact) mass is 635 g/mol. The summed E-state index contributed by atoms with van der Waals surface area (Å²) in [6, 6.07) is 4.96. The van der Waals surface area contributed by atoms with Crippen LogP contribution in [0.1, 0.15) is 79.9 Å². The standard InChI is InChI=1S/C33H45N7O6/c1-7-39(6)29-13-21(12-28(38-29)37-24-9-8-10-24)31(42)35-16-26(41)25-11-22-15-34-30(44-18-27-20(2)36-19-45-27)14-23(22)17-40(25)32(43)46-33(3,4)5/h12-15,19,24-26,41H,7-11,16-18H2,1-6H3,(H,35,42)(H,37,38)/t25-,26+/m0/s1. The largest absolute Gasteiger partial charge is 0.469 e. The average Bonchev–Trinajstić information content (AvgIpc) is 3.42. The second-order valence-corrected chi connectivity index (χ2v) is 13.0. The van der Waals surface area contributed by atoms with E-state index in [1.165, 1.54) is 17.7 Å². The van der Waals surface area contributed by atoms with Crippen molar-refractivity contribution in [3.05, 3.63) is 58.9 Å². The van der Waals surface area contributed by atoms with Crippen molar-refractivity contribution in [2.24, 2.45) is 0 Å². The lowest BCUT2D eigenvalue weighted by atomic mass is 9.92. The fourth-order valence-electron chi connectivity index (χ4n) is 5.29. The maximum atomic E-state index is 13.4. The molecule has 2 amide bonds. The highest BCUT2D eigenvalue weighted by molar-refractivity contribution is 5.95. The molecule has 3 N–H and O–H groups in total. The van der Waals surface area contributed by atoms with E-state index in [1.54, 1.807) is 45.2 Å². The summed E-state index contributed by atoms with van der Waals surface area (Å²) in [5.74, 6) is 1.98. The Kier molecular flexibility index (Phi) is 10.00. The van der Waals surface area contributed by atoms with Crippen LogP contribution in [0.25, 0.3) is 0 Å². The second kappa shape index (κ2) is 13.9. The molecule has 46 heavy (non-hydrogen) atoms. The Balaban J connectivity index is 1.30. The molecule has 0 bridgehead atoms. The van der Waals surface area contributed by atoms with Crippen molar-refractivity contribution >= 4 is 23.6 Å². The minimum absolute atomic E-state index is 0.0735. The van der Waals surface area contributed by atoms with E-state index in [9.17, 15) is 14.7 Å². The van der Waals surface area contributed by atoms with Gasteiger partial charge in [0, 0.05) is 50.6 Å². The molecule has 0 aromatic carbocycles.